The van der Waals surface area contributed by atoms with E-state index in [9.17, 15) is 14.0 Å². The highest BCUT2D eigenvalue weighted by Crippen LogP contribution is 2.20. The fourth-order valence-electron chi connectivity index (χ4n) is 2.40. The molecule has 0 saturated carbocycles. The number of ether oxygens (including phenoxy) is 1. The average molecular weight is 399 g/mol. The predicted octanol–water partition coefficient (Wildman–Crippen LogP) is 4.75. The van der Waals surface area contributed by atoms with Crippen molar-refractivity contribution in [2.24, 2.45) is 0 Å². The van der Waals surface area contributed by atoms with Gasteiger partial charge < -0.3 is 15.4 Å². The van der Waals surface area contributed by atoms with E-state index in [-0.39, 0.29) is 23.1 Å². The van der Waals surface area contributed by atoms with Crippen molar-refractivity contribution in [1.29, 1.82) is 0 Å². The van der Waals surface area contributed by atoms with Crippen LogP contribution in [0.2, 0.25) is 5.02 Å². The standard InChI is InChI=1S/C21H16ClFN2O3/c22-14-9-10-19(23)18(11-14)21(27)25-16-7-4-8-17(12-16)28-13-20(26)24-15-5-2-1-3-6-15/h1-12H,13H2,(H,24,26)(H,25,27). The Bertz CT molecular complexity index is 996. The first-order valence-electron chi connectivity index (χ1n) is 8.35. The fraction of sp³-hybridized carbons (Fsp3) is 0.0476. The lowest BCUT2D eigenvalue weighted by atomic mass is 10.2. The van der Waals surface area contributed by atoms with Crippen LogP contribution >= 0.6 is 11.6 Å². The third kappa shape index (κ3) is 5.31. The van der Waals surface area contributed by atoms with Gasteiger partial charge in [0.15, 0.2) is 6.61 Å². The first-order valence-corrected chi connectivity index (χ1v) is 8.73. The zero-order chi connectivity index (χ0) is 19.9. The molecule has 5 nitrogen and oxygen atoms in total. The lowest BCUT2D eigenvalue weighted by Gasteiger charge is -2.10. The van der Waals surface area contributed by atoms with Gasteiger partial charge in [-0.15, -0.1) is 0 Å². The molecule has 142 valence electrons. The Morgan fingerprint density at radius 1 is 0.893 bits per heavy atom. The van der Waals surface area contributed by atoms with Crippen LogP contribution in [0.15, 0.2) is 72.8 Å². The number of carbonyl (C=O) groups excluding carboxylic acids is 2. The molecule has 0 unspecified atom stereocenters. The van der Waals surface area contributed by atoms with Crippen LogP contribution in [0.5, 0.6) is 5.75 Å². The minimum atomic E-state index is -0.674. The van der Waals surface area contributed by atoms with Gasteiger partial charge >= 0.3 is 0 Å². The number of carbonyl (C=O) groups is 2. The minimum Gasteiger partial charge on any atom is -0.484 e. The number of nitrogens with one attached hydrogen (secondary N) is 2. The number of rotatable bonds is 6. The van der Waals surface area contributed by atoms with Gasteiger partial charge in [-0.05, 0) is 42.5 Å². The molecule has 0 fully saturated rings. The van der Waals surface area contributed by atoms with Crippen molar-refractivity contribution in [2.45, 2.75) is 0 Å². The average Bonchev–Trinajstić information content (AvgIpc) is 2.69. The van der Waals surface area contributed by atoms with E-state index in [1.807, 2.05) is 18.2 Å². The Kier molecular flexibility index (Phi) is 6.24. The number of amides is 2. The Balaban J connectivity index is 1.60. The van der Waals surface area contributed by atoms with E-state index < -0.39 is 11.7 Å². The number of hydrogen-bond acceptors (Lipinski definition) is 3. The van der Waals surface area contributed by atoms with Gasteiger partial charge in [-0.2, -0.15) is 0 Å². The molecule has 2 amide bonds. The van der Waals surface area contributed by atoms with Gasteiger partial charge in [-0.25, -0.2) is 4.39 Å². The zero-order valence-corrected chi connectivity index (χ0v) is 15.4. The second-order valence-electron chi connectivity index (χ2n) is 5.81. The molecule has 0 radical (unpaired) electrons. The molecule has 3 rings (SSSR count). The molecule has 3 aromatic rings. The smallest absolute Gasteiger partial charge is 0.262 e. The van der Waals surface area contributed by atoms with Crippen molar-refractivity contribution in [2.75, 3.05) is 17.2 Å². The van der Waals surface area contributed by atoms with E-state index in [1.165, 1.54) is 18.2 Å². The fourth-order valence-corrected chi connectivity index (χ4v) is 2.57. The van der Waals surface area contributed by atoms with Crippen molar-refractivity contribution in [1.82, 2.24) is 0 Å². The van der Waals surface area contributed by atoms with Crippen LogP contribution in [0.4, 0.5) is 15.8 Å². The van der Waals surface area contributed by atoms with Crippen LogP contribution in [0.25, 0.3) is 0 Å². The van der Waals surface area contributed by atoms with Crippen molar-refractivity contribution in [3.8, 4) is 5.75 Å². The SMILES string of the molecule is O=C(COc1cccc(NC(=O)c2cc(Cl)ccc2F)c1)Nc1ccccc1. The molecule has 0 bridgehead atoms. The van der Waals surface area contributed by atoms with Crippen molar-refractivity contribution >= 4 is 34.8 Å². The summed E-state index contributed by atoms with van der Waals surface area (Å²) in [5.74, 6) is -1.25. The van der Waals surface area contributed by atoms with E-state index >= 15 is 0 Å². The molecule has 2 N–H and O–H groups in total. The monoisotopic (exact) mass is 398 g/mol. The Morgan fingerprint density at radius 2 is 1.64 bits per heavy atom. The van der Waals surface area contributed by atoms with Gasteiger partial charge in [0.05, 0.1) is 5.56 Å². The molecule has 7 heteroatoms. The van der Waals surface area contributed by atoms with Crippen LogP contribution in [0.1, 0.15) is 10.4 Å². The number of hydrogen-bond donors (Lipinski definition) is 2. The Morgan fingerprint density at radius 3 is 2.43 bits per heavy atom. The molecule has 0 aliphatic rings. The summed E-state index contributed by atoms with van der Waals surface area (Å²) in [6.45, 7) is -0.199. The van der Waals surface area contributed by atoms with Gasteiger partial charge in [-0.1, -0.05) is 35.9 Å². The van der Waals surface area contributed by atoms with Crippen molar-refractivity contribution < 1.29 is 18.7 Å². The van der Waals surface area contributed by atoms with Gasteiger partial charge in [0.1, 0.15) is 11.6 Å². The molecule has 0 heterocycles. The second kappa shape index (κ2) is 9.01. The summed E-state index contributed by atoms with van der Waals surface area (Å²) in [5.41, 5.74) is 0.895. The van der Waals surface area contributed by atoms with Crippen molar-refractivity contribution in [3.05, 3.63) is 89.2 Å². The van der Waals surface area contributed by atoms with E-state index in [2.05, 4.69) is 10.6 Å². The molecule has 0 aromatic heterocycles. The van der Waals surface area contributed by atoms with Gasteiger partial charge in [0, 0.05) is 22.5 Å². The lowest BCUT2D eigenvalue weighted by Crippen LogP contribution is -2.20. The molecule has 3 aromatic carbocycles. The summed E-state index contributed by atoms with van der Waals surface area (Å²) in [7, 11) is 0. The molecule has 0 spiro atoms. The summed E-state index contributed by atoms with van der Waals surface area (Å²) < 4.78 is 19.3. The highest BCUT2D eigenvalue weighted by molar-refractivity contribution is 6.31. The Hall–Kier alpha value is -3.38. The molecule has 0 saturated heterocycles. The summed E-state index contributed by atoms with van der Waals surface area (Å²) in [6.07, 6.45) is 0. The van der Waals surface area contributed by atoms with Gasteiger partial charge in [-0.3, -0.25) is 9.59 Å². The molecule has 0 atom stereocenters. The van der Waals surface area contributed by atoms with Gasteiger partial charge in [0.2, 0.25) is 0 Å². The van der Waals surface area contributed by atoms with Crippen LogP contribution in [0, 0.1) is 5.82 Å². The normalized spacial score (nSPS) is 10.2. The minimum absolute atomic E-state index is 0.166. The molecule has 28 heavy (non-hydrogen) atoms. The quantitative estimate of drug-likeness (QED) is 0.629. The maximum Gasteiger partial charge on any atom is 0.262 e. The van der Waals surface area contributed by atoms with Crippen LogP contribution in [-0.2, 0) is 4.79 Å². The molecular weight excluding hydrogens is 383 g/mol. The Labute approximate surface area is 166 Å². The largest absolute Gasteiger partial charge is 0.484 e. The molecule has 0 aliphatic heterocycles. The first kappa shape index (κ1) is 19.4. The summed E-state index contributed by atoms with van der Waals surface area (Å²) in [5, 5.41) is 5.54. The number of benzene rings is 3. The summed E-state index contributed by atoms with van der Waals surface area (Å²) in [6, 6.07) is 19.2. The second-order valence-corrected chi connectivity index (χ2v) is 6.25. The maximum absolute atomic E-state index is 13.8. The topological polar surface area (TPSA) is 67.4 Å². The van der Waals surface area contributed by atoms with Crippen LogP contribution in [-0.4, -0.2) is 18.4 Å². The number of para-hydroxylation sites is 1. The van der Waals surface area contributed by atoms with Gasteiger partial charge in [0.25, 0.3) is 11.8 Å². The highest BCUT2D eigenvalue weighted by atomic mass is 35.5. The van der Waals surface area contributed by atoms with E-state index in [0.29, 0.717) is 17.1 Å². The first-order chi connectivity index (χ1) is 13.5. The highest BCUT2D eigenvalue weighted by Gasteiger charge is 2.13. The third-order valence-corrected chi connectivity index (χ3v) is 3.93. The third-order valence-electron chi connectivity index (χ3n) is 3.69. The lowest BCUT2D eigenvalue weighted by molar-refractivity contribution is -0.118. The zero-order valence-electron chi connectivity index (χ0n) is 14.6. The van der Waals surface area contributed by atoms with Crippen LogP contribution in [0.3, 0.4) is 0 Å². The van der Waals surface area contributed by atoms with Crippen LogP contribution < -0.4 is 15.4 Å². The van der Waals surface area contributed by atoms with E-state index in [0.717, 1.165) is 6.07 Å². The number of halogens is 2. The predicted molar refractivity (Wildman–Crippen MR) is 106 cm³/mol. The van der Waals surface area contributed by atoms with Crippen molar-refractivity contribution in [3.63, 3.8) is 0 Å². The number of anilines is 2. The van der Waals surface area contributed by atoms with E-state index in [4.69, 9.17) is 16.3 Å². The van der Waals surface area contributed by atoms with E-state index in [1.54, 1.807) is 30.3 Å². The summed E-state index contributed by atoms with van der Waals surface area (Å²) >= 11 is 5.81. The molecule has 0 aliphatic carbocycles. The molecular formula is C21H16ClFN2O3. The summed E-state index contributed by atoms with van der Waals surface area (Å²) in [4.78, 5) is 24.2. The maximum atomic E-state index is 13.8.